The van der Waals surface area contributed by atoms with E-state index in [1.807, 2.05) is 19.1 Å². The Bertz CT molecular complexity index is 510. The van der Waals surface area contributed by atoms with Crippen LogP contribution in [0.2, 0.25) is 0 Å². The number of nitrogens with one attached hydrogen (secondary N) is 1. The number of rotatable bonds is 5. The first-order chi connectivity index (χ1) is 8.76. The Labute approximate surface area is 107 Å². The maximum atomic E-state index is 5.67. The van der Waals surface area contributed by atoms with E-state index in [-0.39, 0.29) is 12.1 Å². The van der Waals surface area contributed by atoms with Gasteiger partial charge in [-0.3, -0.25) is 16.3 Å². The first-order valence-electron chi connectivity index (χ1n) is 6.08. The lowest BCUT2D eigenvalue weighted by atomic mass is 9.99. The number of pyridine rings is 1. The molecule has 0 saturated heterocycles. The molecule has 3 N–H and O–H groups in total. The molecule has 0 aliphatic carbocycles. The van der Waals surface area contributed by atoms with E-state index in [4.69, 9.17) is 10.6 Å². The third-order valence-corrected chi connectivity index (χ3v) is 3.21. The lowest BCUT2D eigenvalue weighted by molar-refractivity contribution is 0.101. The molecule has 0 bridgehead atoms. The highest BCUT2D eigenvalue weighted by molar-refractivity contribution is 5.81. The average Bonchev–Trinajstić information content (AvgIpc) is 2.44. The molecule has 0 radical (unpaired) electrons. The minimum Gasteiger partial charge on any atom is -0.382 e. The SMILES string of the molecule is COC(C)CC(NN)c1cccc2cccnc12. The Hall–Kier alpha value is -1.49. The summed E-state index contributed by atoms with van der Waals surface area (Å²) in [6, 6.07) is 10.2. The van der Waals surface area contributed by atoms with E-state index in [0.717, 1.165) is 22.9 Å². The summed E-state index contributed by atoms with van der Waals surface area (Å²) in [4.78, 5) is 4.45. The van der Waals surface area contributed by atoms with Crippen LogP contribution in [-0.4, -0.2) is 18.2 Å². The summed E-state index contributed by atoms with van der Waals surface area (Å²) in [7, 11) is 1.71. The zero-order chi connectivity index (χ0) is 13.0. The minimum atomic E-state index is 0.0403. The quantitative estimate of drug-likeness (QED) is 0.626. The van der Waals surface area contributed by atoms with Crippen LogP contribution in [0.1, 0.15) is 24.9 Å². The van der Waals surface area contributed by atoms with Crippen LogP contribution in [0.15, 0.2) is 36.5 Å². The number of para-hydroxylation sites is 1. The summed E-state index contributed by atoms with van der Waals surface area (Å²) in [5.74, 6) is 5.67. The van der Waals surface area contributed by atoms with E-state index in [1.54, 1.807) is 13.3 Å². The van der Waals surface area contributed by atoms with Gasteiger partial charge < -0.3 is 4.74 Å². The molecule has 0 aliphatic heterocycles. The third kappa shape index (κ3) is 2.67. The lowest BCUT2D eigenvalue weighted by Gasteiger charge is -2.20. The van der Waals surface area contributed by atoms with Gasteiger partial charge >= 0.3 is 0 Å². The number of hydrogen-bond acceptors (Lipinski definition) is 4. The van der Waals surface area contributed by atoms with Crippen LogP contribution < -0.4 is 11.3 Å². The molecule has 0 aliphatic rings. The van der Waals surface area contributed by atoms with Crippen molar-refractivity contribution in [2.45, 2.75) is 25.5 Å². The number of hydrazine groups is 1. The minimum absolute atomic E-state index is 0.0403. The number of nitrogens with two attached hydrogens (primary N) is 1. The number of ether oxygens (including phenoxy) is 1. The predicted molar refractivity (Wildman–Crippen MR) is 72.9 cm³/mol. The largest absolute Gasteiger partial charge is 0.382 e. The van der Waals surface area contributed by atoms with Crippen LogP contribution in [0, 0.1) is 0 Å². The molecule has 0 saturated carbocycles. The monoisotopic (exact) mass is 245 g/mol. The lowest BCUT2D eigenvalue weighted by Crippen LogP contribution is -2.31. The highest BCUT2D eigenvalue weighted by atomic mass is 16.5. The van der Waals surface area contributed by atoms with Gasteiger partial charge in [0.15, 0.2) is 0 Å². The van der Waals surface area contributed by atoms with Gasteiger partial charge in [0.25, 0.3) is 0 Å². The standard InChI is InChI=1S/C14H19N3O/c1-10(18-2)9-13(17-15)12-7-3-5-11-6-4-8-16-14(11)12/h3-8,10,13,17H,9,15H2,1-2H3. The molecule has 96 valence electrons. The second-order valence-electron chi connectivity index (χ2n) is 4.42. The van der Waals surface area contributed by atoms with E-state index >= 15 is 0 Å². The van der Waals surface area contributed by atoms with E-state index < -0.39 is 0 Å². The Morgan fingerprint density at radius 2 is 2.11 bits per heavy atom. The fourth-order valence-electron chi connectivity index (χ4n) is 2.12. The van der Waals surface area contributed by atoms with Crippen molar-refractivity contribution in [1.29, 1.82) is 0 Å². The topological polar surface area (TPSA) is 60.2 Å². The molecule has 18 heavy (non-hydrogen) atoms. The molecule has 2 aromatic rings. The van der Waals surface area contributed by atoms with Crippen molar-refractivity contribution in [2.75, 3.05) is 7.11 Å². The highest BCUT2D eigenvalue weighted by Gasteiger charge is 2.16. The average molecular weight is 245 g/mol. The first-order valence-corrected chi connectivity index (χ1v) is 6.08. The number of benzene rings is 1. The summed E-state index contributed by atoms with van der Waals surface area (Å²) >= 11 is 0. The number of methoxy groups -OCH3 is 1. The Morgan fingerprint density at radius 3 is 2.83 bits per heavy atom. The summed E-state index contributed by atoms with van der Waals surface area (Å²) in [5.41, 5.74) is 4.96. The molecular weight excluding hydrogens is 226 g/mol. The third-order valence-electron chi connectivity index (χ3n) is 3.21. The molecule has 1 heterocycles. The van der Waals surface area contributed by atoms with Gasteiger partial charge in [-0.25, -0.2) is 0 Å². The van der Waals surface area contributed by atoms with Gasteiger partial charge in [-0.05, 0) is 25.0 Å². The number of fused-ring (bicyclic) bond motifs is 1. The van der Waals surface area contributed by atoms with Crippen LogP contribution in [0.4, 0.5) is 0 Å². The van der Waals surface area contributed by atoms with Crippen LogP contribution in [0.25, 0.3) is 10.9 Å². The van der Waals surface area contributed by atoms with Gasteiger partial charge in [-0.1, -0.05) is 24.3 Å². The first kappa shape index (κ1) is 13.0. The zero-order valence-corrected chi connectivity index (χ0v) is 10.8. The van der Waals surface area contributed by atoms with Crippen molar-refractivity contribution in [1.82, 2.24) is 10.4 Å². The fraction of sp³-hybridized carbons (Fsp3) is 0.357. The second-order valence-corrected chi connectivity index (χ2v) is 4.42. The normalized spacial score (nSPS) is 14.6. The van der Waals surface area contributed by atoms with Crippen LogP contribution >= 0.6 is 0 Å². The highest BCUT2D eigenvalue weighted by Crippen LogP contribution is 2.25. The Balaban J connectivity index is 2.38. The zero-order valence-electron chi connectivity index (χ0n) is 10.8. The molecule has 2 rings (SSSR count). The van der Waals surface area contributed by atoms with Gasteiger partial charge in [0.1, 0.15) is 0 Å². The molecule has 0 fully saturated rings. The number of aromatic nitrogens is 1. The van der Waals surface area contributed by atoms with E-state index in [2.05, 4.69) is 28.6 Å². The van der Waals surface area contributed by atoms with Crippen LogP contribution in [0.5, 0.6) is 0 Å². The molecule has 4 nitrogen and oxygen atoms in total. The molecule has 4 heteroatoms. The molecule has 1 aromatic heterocycles. The van der Waals surface area contributed by atoms with Crippen LogP contribution in [-0.2, 0) is 4.74 Å². The smallest absolute Gasteiger partial charge is 0.0750 e. The fourth-order valence-corrected chi connectivity index (χ4v) is 2.12. The van der Waals surface area contributed by atoms with Crippen molar-refractivity contribution in [3.63, 3.8) is 0 Å². The molecule has 0 spiro atoms. The van der Waals surface area contributed by atoms with E-state index in [0.29, 0.717) is 0 Å². The summed E-state index contributed by atoms with van der Waals surface area (Å²) < 4.78 is 5.30. The molecule has 1 aromatic carbocycles. The summed E-state index contributed by atoms with van der Waals surface area (Å²) in [6.45, 7) is 2.03. The van der Waals surface area contributed by atoms with E-state index in [1.165, 1.54) is 0 Å². The van der Waals surface area contributed by atoms with Crippen molar-refractivity contribution < 1.29 is 4.74 Å². The van der Waals surface area contributed by atoms with Gasteiger partial charge in [0, 0.05) is 18.7 Å². The molecular formula is C14H19N3O. The predicted octanol–water partition coefficient (Wildman–Crippen LogP) is 2.16. The maximum absolute atomic E-state index is 5.67. The molecule has 2 atom stereocenters. The van der Waals surface area contributed by atoms with Crippen molar-refractivity contribution in [2.24, 2.45) is 5.84 Å². The molecule has 0 amide bonds. The summed E-state index contributed by atoms with van der Waals surface area (Å²) in [5, 5.41) is 1.13. The van der Waals surface area contributed by atoms with Crippen molar-refractivity contribution in [3.8, 4) is 0 Å². The van der Waals surface area contributed by atoms with Crippen molar-refractivity contribution >= 4 is 10.9 Å². The van der Waals surface area contributed by atoms with Crippen molar-refractivity contribution in [3.05, 3.63) is 42.1 Å². The second kappa shape index (κ2) is 5.91. The Morgan fingerprint density at radius 1 is 1.33 bits per heavy atom. The Kier molecular flexibility index (Phi) is 4.25. The van der Waals surface area contributed by atoms with Gasteiger partial charge in [0.2, 0.25) is 0 Å². The van der Waals surface area contributed by atoms with E-state index in [9.17, 15) is 0 Å². The number of nitrogens with zero attached hydrogens (tertiary/aromatic N) is 1. The number of hydrogen-bond donors (Lipinski definition) is 2. The molecule has 2 unspecified atom stereocenters. The van der Waals surface area contributed by atoms with Gasteiger partial charge in [-0.2, -0.15) is 0 Å². The van der Waals surface area contributed by atoms with Crippen LogP contribution in [0.3, 0.4) is 0 Å². The summed E-state index contributed by atoms with van der Waals surface area (Å²) in [6.07, 6.45) is 2.76. The maximum Gasteiger partial charge on any atom is 0.0750 e. The van der Waals surface area contributed by atoms with Gasteiger partial charge in [0.05, 0.1) is 17.7 Å². The van der Waals surface area contributed by atoms with Gasteiger partial charge in [-0.15, -0.1) is 0 Å².